The Balaban J connectivity index is 1.81. The minimum atomic E-state index is -0.373. The van der Waals surface area contributed by atoms with Crippen LogP contribution in [0.3, 0.4) is 0 Å². The van der Waals surface area contributed by atoms with Crippen molar-refractivity contribution in [3.63, 3.8) is 0 Å². The number of hydrogen-bond donors (Lipinski definition) is 1. The summed E-state index contributed by atoms with van der Waals surface area (Å²) in [6, 6.07) is 8.18. The Morgan fingerprint density at radius 2 is 2.32 bits per heavy atom. The normalized spacial score (nSPS) is 17.4. The molecule has 0 spiro atoms. The van der Waals surface area contributed by atoms with Gasteiger partial charge in [-0.25, -0.2) is 9.67 Å². The van der Waals surface area contributed by atoms with Crippen LogP contribution in [0.4, 0.5) is 5.82 Å². The number of aryl methyl sites for hydroxylation is 2. The fraction of sp³-hybridized carbons (Fsp3) is 0.421. The molecule has 1 aliphatic rings. The van der Waals surface area contributed by atoms with E-state index in [0.717, 1.165) is 53.3 Å². The van der Waals surface area contributed by atoms with E-state index < -0.39 is 0 Å². The van der Waals surface area contributed by atoms with Crippen LogP contribution in [-0.4, -0.2) is 33.4 Å². The molecule has 1 saturated heterocycles. The fourth-order valence-electron chi connectivity index (χ4n) is 3.37. The maximum absolute atomic E-state index is 12.4. The Labute approximate surface area is 146 Å². The van der Waals surface area contributed by atoms with Gasteiger partial charge < -0.3 is 10.1 Å². The smallest absolute Gasteiger partial charge is 0.254 e. The third-order valence-corrected chi connectivity index (χ3v) is 4.65. The van der Waals surface area contributed by atoms with Gasteiger partial charge in [-0.15, -0.1) is 0 Å². The second-order valence-electron chi connectivity index (χ2n) is 6.57. The Hall–Kier alpha value is -2.47. The number of para-hydroxylation sites is 1. The number of hydrogen-bond acceptors (Lipinski definition) is 4. The average molecular weight is 338 g/mol. The van der Waals surface area contributed by atoms with Crippen LogP contribution >= 0.6 is 0 Å². The molecule has 1 atom stereocenters. The van der Waals surface area contributed by atoms with E-state index in [9.17, 15) is 4.79 Å². The number of nitrogens with one attached hydrogen (secondary N) is 1. The van der Waals surface area contributed by atoms with E-state index >= 15 is 0 Å². The topological polar surface area (TPSA) is 69.0 Å². The third-order valence-electron chi connectivity index (χ3n) is 4.65. The maximum atomic E-state index is 12.4. The molecule has 3 heterocycles. The van der Waals surface area contributed by atoms with Crippen LogP contribution in [0.5, 0.6) is 0 Å². The van der Waals surface area contributed by atoms with Crippen LogP contribution in [0.15, 0.2) is 24.3 Å². The first-order valence-corrected chi connectivity index (χ1v) is 8.86. The van der Waals surface area contributed by atoms with Crippen molar-refractivity contribution in [2.45, 2.75) is 45.8 Å². The lowest BCUT2D eigenvalue weighted by Gasteiger charge is -2.08. The minimum absolute atomic E-state index is 0.120. The first kappa shape index (κ1) is 16.0. The Kier molecular flexibility index (Phi) is 4.13. The largest absolute Gasteiger partial charge is 0.368 e. The Morgan fingerprint density at radius 3 is 3.08 bits per heavy atom. The van der Waals surface area contributed by atoms with E-state index in [1.54, 1.807) is 0 Å². The summed E-state index contributed by atoms with van der Waals surface area (Å²) in [6.07, 6.45) is 2.26. The van der Waals surface area contributed by atoms with E-state index in [2.05, 4.69) is 36.4 Å². The van der Waals surface area contributed by atoms with Crippen molar-refractivity contribution in [2.24, 2.45) is 0 Å². The lowest BCUT2D eigenvalue weighted by atomic mass is 10.1. The number of carbonyl (C=O) groups excluding carboxylic acids is 1. The number of anilines is 1. The molecule has 6 nitrogen and oxygen atoms in total. The lowest BCUT2D eigenvalue weighted by Crippen LogP contribution is -2.27. The lowest BCUT2D eigenvalue weighted by molar-refractivity contribution is -0.124. The molecule has 1 aromatic carbocycles. The van der Waals surface area contributed by atoms with Gasteiger partial charge in [0.1, 0.15) is 6.10 Å². The zero-order valence-corrected chi connectivity index (χ0v) is 14.6. The van der Waals surface area contributed by atoms with Crippen molar-refractivity contribution in [3.05, 3.63) is 29.8 Å². The number of rotatable bonds is 4. The van der Waals surface area contributed by atoms with Gasteiger partial charge in [0.25, 0.3) is 5.91 Å². The molecule has 6 heteroatoms. The number of benzene rings is 1. The summed E-state index contributed by atoms with van der Waals surface area (Å²) in [5.41, 5.74) is 2.92. The molecular weight excluding hydrogens is 316 g/mol. The highest BCUT2D eigenvalue weighted by Crippen LogP contribution is 2.28. The highest BCUT2D eigenvalue weighted by Gasteiger charge is 2.25. The third kappa shape index (κ3) is 2.87. The van der Waals surface area contributed by atoms with E-state index in [0.29, 0.717) is 12.4 Å². The van der Waals surface area contributed by atoms with Gasteiger partial charge in [0.05, 0.1) is 10.9 Å². The zero-order valence-electron chi connectivity index (χ0n) is 14.6. The molecule has 130 valence electrons. The molecule has 3 aromatic rings. The summed E-state index contributed by atoms with van der Waals surface area (Å²) >= 11 is 0. The van der Waals surface area contributed by atoms with Crippen LogP contribution in [-0.2, 0) is 16.1 Å². The molecule has 1 N–H and O–H groups in total. The number of carbonyl (C=O) groups is 1. The van der Waals surface area contributed by atoms with E-state index in [4.69, 9.17) is 9.72 Å². The van der Waals surface area contributed by atoms with Crippen LogP contribution < -0.4 is 5.32 Å². The standard InChI is InChI=1S/C19H22N4O2/c1-3-9-23-18-14(11-13-7-4-6-12(2)16(13)20-18)17(22-23)21-19(24)15-8-5-10-25-15/h4,6-7,11,15H,3,5,8-10H2,1-2H3,(H,21,22,24)/t15-/m1/s1. The van der Waals surface area contributed by atoms with E-state index in [1.807, 2.05) is 16.8 Å². The summed E-state index contributed by atoms with van der Waals surface area (Å²) in [5.74, 6) is 0.449. The van der Waals surface area contributed by atoms with Crippen molar-refractivity contribution in [1.82, 2.24) is 14.8 Å². The first-order chi connectivity index (χ1) is 12.2. The highest BCUT2D eigenvalue weighted by molar-refractivity contribution is 6.04. The molecule has 4 rings (SSSR count). The van der Waals surface area contributed by atoms with Gasteiger partial charge in [0.15, 0.2) is 11.5 Å². The predicted molar refractivity (Wildman–Crippen MR) is 97.7 cm³/mol. The van der Waals surface area contributed by atoms with E-state index in [1.165, 1.54) is 0 Å². The van der Waals surface area contributed by atoms with E-state index in [-0.39, 0.29) is 12.0 Å². The molecule has 1 aliphatic heterocycles. The summed E-state index contributed by atoms with van der Waals surface area (Å²) in [6.45, 7) is 5.57. The van der Waals surface area contributed by atoms with Gasteiger partial charge in [-0.3, -0.25) is 4.79 Å². The molecule has 2 aromatic heterocycles. The first-order valence-electron chi connectivity index (χ1n) is 8.86. The Bertz CT molecular complexity index is 941. The zero-order chi connectivity index (χ0) is 17.4. The maximum Gasteiger partial charge on any atom is 0.254 e. The van der Waals surface area contributed by atoms with Crippen LogP contribution in [0.2, 0.25) is 0 Å². The molecule has 0 bridgehead atoms. The number of aromatic nitrogens is 3. The molecule has 1 amide bonds. The van der Waals surface area contributed by atoms with Crippen LogP contribution in [0, 0.1) is 6.92 Å². The van der Waals surface area contributed by atoms with Gasteiger partial charge in [-0.1, -0.05) is 25.1 Å². The molecule has 25 heavy (non-hydrogen) atoms. The molecule has 0 saturated carbocycles. The van der Waals surface area contributed by atoms with Gasteiger partial charge >= 0.3 is 0 Å². The van der Waals surface area contributed by atoms with Gasteiger partial charge in [-0.05, 0) is 37.8 Å². The average Bonchev–Trinajstić information content (AvgIpc) is 3.24. The Morgan fingerprint density at radius 1 is 1.44 bits per heavy atom. The molecule has 0 unspecified atom stereocenters. The summed E-state index contributed by atoms with van der Waals surface area (Å²) in [4.78, 5) is 17.3. The number of fused-ring (bicyclic) bond motifs is 2. The number of ether oxygens (including phenoxy) is 1. The van der Waals surface area contributed by atoms with Crippen molar-refractivity contribution in [1.29, 1.82) is 0 Å². The van der Waals surface area contributed by atoms with Crippen LogP contribution in [0.1, 0.15) is 31.7 Å². The van der Waals surface area contributed by atoms with Crippen molar-refractivity contribution >= 4 is 33.7 Å². The summed E-state index contributed by atoms with van der Waals surface area (Å²) < 4.78 is 7.36. The van der Waals surface area contributed by atoms with Crippen LogP contribution in [0.25, 0.3) is 21.9 Å². The molecule has 1 fully saturated rings. The van der Waals surface area contributed by atoms with Gasteiger partial charge in [0.2, 0.25) is 0 Å². The highest BCUT2D eigenvalue weighted by atomic mass is 16.5. The van der Waals surface area contributed by atoms with Gasteiger partial charge in [-0.2, -0.15) is 5.10 Å². The second-order valence-corrected chi connectivity index (χ2v) is 6.57. The predicted octanol–water partition coefficient (Wildman–Crippen LogP) is 3.42. The van der Waals surface area contributed by atoms with Gasteiger partial charge in [0, 0.05) is 18.5 Å². The van der Waals surface area contributed by atoms with Crippen molar-refractivity contribution in [2.75, 3.05) is 11.9 Å². The quantitative estimate of drug-likeness (QED) is 0.791. The monoisotopic (exact) mass is 338 g/mol. The second kappa shape index (κ2) is 6.44. The summed E-state index contributed by atoms with van der Waals surface area (Å²) in [5, 5.41) is 9.48. The van der Waals surface area contributed by atoms with Crippen molar-refractivity contribution in [3.8, 4) is 0 Å². The summed E-state index contributed by atoms with van der Waals surface area (Å²) in [7, 11) is 0. The number of pyridine rings is 1. The molecule has 0 aliphatic carbocycles. The molecule has 0 radical (unpaired) electrons. The molecular formula is C19H22N4O2. The minimum Gasteiger partial charge on any atom is -0.368 e. The fourth-order valence-corrected chi connectivity index (χ4v) is 3.37. The number of nitrogens with zero attached hydrogens (tertiary/aromatic N) is 3. The SMILES string of the molecule is CCCn1nc(NC(=O)[C@H]2CCCO2)c2cc3cccc(C)c3nc21. The number of amides is 1. The van der Waals surface area contributed by atoms with Crippen molar-refractivity contribution < 1.29 is 9.53 Å².